The number of benzene rings is 1. The van der Waals surface area contributed by atoms with Gasteiger partial charge < -0.3 is 15.2 Å². The van der Waals surface area contributed by atoms with Crippen LogP contribution < -0.4 is 10.1 Å². The van der Waals surface area contributed by atoms with Crippen LogP contribution in [-0.4, -0.2) is 23.7 Å². The Bertz CT molecular complexity index is 418. The number of rotatable bonds is 7. The molecule has 1 atom stereocenters. The van der Waals surface area contributed by atoms with E-state index in [1.54, 1.807) is 32.0 Å². The molecule has 0 heterocycles. The highest BCUT2D eigenvalue weighted by Crippen LogP contribution is 2.26. The highest BCUT2D eigenvalue weighted by atomic mass is 16.5. The van der Waals surface area contributed by atoms with Crippen LogP contribution in [-0.2, 0) is 4.79 Å². The number of amides is 1. The summed E-state index contributed by atoms with van der Waals surface area (Å²) in [6.45, 7) is 6.27. The molecule has 1 aromatic rings. The average molecular weight is 265 g/mol. The van der Waals surface area contributed by atoms with Crippen LogP contribution in [0, 0.1) is 6.92 Å². The molecule has 0 saturated heterocycles. The van der Waals surface area contributed by atoms with E-state index in [0.717, 1.165) is 19.3 Å². The van der Waals surface area contributed by atoms with Crippen LogP contribution in [0.2, 0.25) is 0 Å². The first kappa shape index (κ1) is 15.3. The normalized spacial score (nSPS) is 11.9. The van der Waals surface area contributed by atoms with Gasteiger partial charge >= 0.3 is 0 Å². The van der Waals surface area contributed by atoms with Gasteiger partial charge in [0.05, 0.1) is 0 Å². The molecule has 0 spiro atoms. The lowest BCUT2D eigenvalue weighted by Crippen LogP contribution is -2.36. The summed E-state index contributed by atoms with van der Waals surface area (Å²) in [4.78, 5) is 11.8. The molecule has 0 fully saturated rings. The summed E-state index contributed by atoms with van der Waals surface area (Å²) >= 11 is 0. The fourth-order valence-corrected chi connectivity index (χ4v) is 1.70. The number of ether oxygens (including phenoxy) is 1. The smallest absolute Gasteiger partial charge is 0.260 e. The Morgan fingerprint density at radius 1 is 1.42 bits per heavy atom. The number of phenols is 1. The third-order valence-corrected chi connectivity index (χ3v) is 3.01. The van der Waals surface area contributed by atoms with Crippen molar-refractivity contribution < 1.29 is 14.6 Å². The zero-order chi connectivity index (χ0) is 14.3. The van der Waals surface area contributed by atoms with Crippen molar-refractivity contribution in [2.24, 2.45) is 0 Å². The molecule has 19 heavy (non-hydrogen) atoms. The first-order chi connectivity index (χ1) is 9.06. The molecule has 0 aliphatic rings. The number of hydrogen-bond acceptors (Lipinski definition) is 3. The number of hydrogen-bond donors (Lipinski definition) is 2. The van der Waals surface area contributed by atoms with E-state index in [0.29, 0.717) is 17.9 Å². The Labute approximate surface area is 114 Å². The van der Waals surface area contributed by atoms with E-state index in [1.807, 2.05) is 0 Å². The first-order valence-electron chi connectivity index (χ1n) is 6.79. The van der Waals surface area contributed by atoms with Gasteiger partial charge in [0.25, 0.3) is 5.91 Å². The van der Waals surface area contributed by atoms with Gasteiger partial charge in [-0.3, -0.25) is 4.79 Å². The molecule has 0 aromatic heterocycles. The molecule has 0 aliphatic heterocycles. The van der Waals surface area contributed by atoms with E-state index in [1.165, 1.54) is 0 Å². The summed E-state index contributed by atoms with van der Waals surface area (Å²) in [7, 11) is 0. The number of carbonyl (C=O) groups excluding carboxylic acids is 1. The molecule has 4 heteroatoms. The van der Waals surface area contributed by atoms with Crippen molar-refractivity contribution in [1.29, 1.82) is 0 Å². The Morgan fingerprint density at radius 3 is 2.84 bits per heavy atom. The number of phenolic OH excluding ortho intramolecular Hbond substituents is 1. The Balaban J connectivity index is 2.47. The highest BCUT2D eigenvalue weighted by Gasteiger charge is 2.15. The second-order valence-corrected chi connectivity index (χ2v) is 4.66. The molecular weight excluding hydrogens is 242 g/mol. The Hall–Kier alpha value is -1.71. The lowest BCUT2D eigenvalue weighted by Gasteiger charge is -2.16. The van der Waals surface area contributed by atoms with Crippen molar-refractivity contribution in [3.05, 3.63) is 23.8 Å². The topological polar surface area (TPSA) is 58.6 Å². The predicted molar refractivity (Wildman–Crippen MR) is 75.5 cm³/mol. The minimum atomic E-state index is -0.567. The SMILES string of the molecule is CCCCCNC(=O)C(C)Oc1cccc(O)c1C. The van der Waals surface area contributed by atoms with E-state index >= 15 is 0 Å². The lowest BCUT2D eigenvalue weighted by atomic mass is 10.2. The van der Waals surface area contributed by atoms with Crippen LogP contribution in [0.4, 0.5) is 0 Å². The van der Waals surface area contributed by atoms with Gasteiger partial charge in [-0.2, -0.15) is 0 Å². The van der Waals surface area contributed by atoms with E-state index < -0.39 is 6.10 Å². The van der Waals surface area contributed by atoms with Crippen LogP contribution in [0.5, 0.6) is 11.5 Å². The minimum Gasteiger partial charge on any atom is -0.508 e. The van der Waals surface area contributed by atoms with Crippen LogP contribution in [0.1, 0.15) is 38.7 Å². The Kier molecular flexibility index (Phi) is 6.19. The number of carbonyl (C=O) groups is 1. The van der Waals surface area contributed by atoms with Crippen LogP contribution >= 0.6 is 0 Å². The van der Waals surface area contributed by atoms with Gasteiger partial charge in [-0.1, -0.05) is 25.8 Å². The van der Waals surface area contributed by atoms with E-state index in [9.17, 15) is 9.90 Å². The molecule has 1 amide bonds. The second-order valence-electron chi connectivity index (χ2n) is 4.66. The lowest BCUT2D eigenvalue weighted by molar-refractivity contribution is -0.127. The molecule has 1 unspecified atom stereocenters. The van der Waals surface area contributed by atoms with Crippen molar-refractivity contribution >= 4 is 5.91 Å². The summed E-state index contributed by atoms with van der Waals surface area (Å²) < 4.78 is 5.57. The summed E-state index contributed by atoms with van der Waals surface area (Å²) in [5, 5.41) is 12.4. The molecular formula is C15H23NO3. The molecule has 0 saturated carbocycles. The molecule has 1 rings (SSSR count). The quantitative estimate of drug-likeness (QED) is 0.745. The van der Waals surface area contributed by atoms with Crippen molar-refractivity contribution in [2.75, 3.05) is 6.54 Å². The summed E-state index contributed by atoms with van der Waals surface area (Å²) in [6, 6.07) is 5.04. The summed E-state index contributed by atoms with van der Waals surface area (Å²) in [5.41, 5.74) is 0.646. The number of unbranched alkanes of at least 4 members (excludes halogenated alkanes) is 2. The Morgan fingerprint density at radius 2 is 2.16 bits per heavy atom. The molecule has 0 bridgehead atoms. The molecule has 1 aromatic carbocycles. The molecule has 2 N–H and O–H groups in total. The standard InChI is InChI=1S/C15H23NO3/c1-4-5-6-10-16-15(18)12(3)19-14-9-7-8-13(17)11(14)2/h7-9,12,17H,4-6,10H2,1-3H3,(H,16,18). The summed E-state index contributed by atoms with van der Waals surface area (Å²) in [5.74, 6) is 0.586. The summed E-state index contributed by atoms with van der Waals surface area (Å²) in [6.07, 6.45) is 2.66. The third-order valence-electron chi connectivity index (χ3n) is 3.01. The van der Waals surface area contributed by atoms with Crippen LogP contribution in [0.25, 0.3) is 0 Å². The largest absolute Gasteiger partial charge is 0.508 e. The van der Waals surface area contributed by atoms with Crippen molar-refractivity contribution in [3.8, 4) is 11.5 Å². The highest BCUT2D eigenvalue weighted by molar-refractivity contribution is 5.80. The van der Waals surface area contributed by atoms with Crippen molar-refractivity contribution in [3.63, 3.8) is 0 Å². The average Bonchev–Trinajstić information content (AvgIpc) is 2.39. The number of aromatic hydroxyl groups is 1. The molecule has 0 radical (unpaired) electrons. The first-order valence-corrected chi connectivity index (χ1v) is 6.79. The molecule has 0 aliphatic carbocycles. The zero-order valence-electron chi connectivity index (χ0n) is 11.9. The minimum absolute atomic E-state index is 0.126. The fraction of sp³-hybridized carbons (Fsp3) is 0.533. The maximum Gasteiger partial charge on any atom is 0.260 e. The maximum atomic E-state index is 11.8. The van der Waals surface area contributed by atoms with E-state index in [2.05, 4.69) is 12.2 Å². The fourth-order valence-electron chi connectivity index (χ4n) is 1.70. The van der Waals surface area contributed by atoms with Gasteiger partial charge in [0.2, 0.25) is 0 Å². The van der Waals surface area contributed by atoms with Gasteiger partial charge in [-0.15, -0.1) is 0 Å². The third kappa shape index (κ3) is 4.81. The monoisotopic (exact) mass is 265 g/mol. The van der Waals surface area contributed by atoms with Crippen molar-refractivity contribution in [1.82, 2.24) is 5.32 Å². The van der Waals surface area contributed by atoms with Gasteiger partial charge in [0.15, 0.2) is 6.10 Å². The maximum absolute atomic E-state index is 11.8. The second kappa shape index (κ2) is 7.67. The van der Waals surface area contributed by atoms with Crippen LogP contribution in [0.15, 0.2) is 18.2 Å². The zero-order valence-corrected chi connectivity index (χ0v) is 11.9. The van der Waals surface area contributed by atoms with Crippen LogP contribution in [0.3, 0.4) is 0 Å². The molecule has 4 nitrogen and oxygen atoms in total. The van der Waals surface area contributed by atoms with Gasteiger partial charge in [0.1, 0.15) is 11.5 Å². The number of nitrogens with one attached hydrogen (secondary N) is 1. The predicted octanol–water partition coefficient (Wildman–Crippen LogP) is 2.77. The van der Waals surface area contributed by atoms with Gasteiger partial charge in [0, 0.05) is 12.1 Å². The van der Waals surface area contributed by atoms with E-state index in [-0.39, 0.29) is 11.7 Å². The van der Waals surface area contributed by atoms with Gasteiger partial charge in [-0.05, 0) is 32.4 Å². The van der Waals surface area contributed by atoms with E-state index in [4.69, 9.17) is 4.74 Å². The van der Waals surface area contributed by atoms with Gasteiger partial charge in [-0.25, -0.2) is 0 Å². The molecule has 106 valence electrons. The van der Waals surface area contributed by atoms with Crippen molar-refractivity contribution in [2.45, 2.75) is 46.1 Å².